The molecule has 1 amide bonds. The highest BCUT2D eigenvalue weighted by molar-refractivity contribution is 6.40. The summed E-state index contributed by atoms with van der Waals surface area (Å²) in [6, 6.07) is 3.15. The molecule has 0 aliphatic carbocycles. The molecule has 0 atom stereocenters. The van der Waals surface area contributed by atoms with Gasteiger partial charge in [0.05, 0.1) is 22.3 Å². The van der Waals surface area contributed by atoms with Gasteiger partial charge in [0, 0.05) is 18.8 Å². The van der Waals surface area contributed by atoms with Crippen molar-refractivity contribution in [1.82, 2.24) is 9.80 Å². The minimum Gasteiger partial charge on any atom is -0.399 e. The van der Waals surface area contributed by atoms with Gasteiger partial charge in [0.2, 0.25) is 5.91 Å². The lowest BCUT2D eigenvalue weighted by Gasteiger charge is -2.20. The van der Waals surface area contributed by atoms with Crippen molar-refractivity contribution in [2.75, 3.05) is 50.8 Å². The SMILES string of the molecule is CN1CCCN(CC(=O)Nc2c(Cl)cc(N)cc2Cl)CC1. The number of rotatable bonds is 3. The highest BCUT2D eigenvalue weighted by atomic mass is 35.5. The van der Waals surface area contributed by atoms with E-state index in [0.29, 0.717) is 28.0 Å². The van der Waals surface area contributed by atoms with Crippen LogP contribution in [0, 0.1) is 0 Å². The van der Waals surface area contributed by atoms with Gasteiger partial charge in [-0.15, -0.1) is 0 Å². The van der Waals surface area contributed by atoms with Crippen LogP contribution >= 0.6 is 23.2 Å². The maximum absolute atomic E-state index is 12.1. The zero-order chi connectivity index (χ0) is 15.4. The van der Waals surface area contributed by atoms with Crippen LogP contribution < -0.4 is 11.1 Å². The molecule has 1 aromatic rings. The molecule has 1 aliphatic rings. The van der Waals surface area contributed by atoms with E-state index in [9.17, 15) is 4.79 Å². The number of halogens is 2. The summed E-state index contributed by atoms with van der Waals surface area (Å²) < 4.78 is 0. The first-order valence-corrected chi connectivity index (χ1v) is 7.66. The average Bonchev–Trinajstić information content (AvgIpc) is 2.59. The van der Waals surface area contributed by atoms with Crippen molar-refractivity contribution >= 4 is 40.5 Å². The molecule has 0 saturated carbocycles. The first-order valence-electron chi connectivity index (χ1n) is 6.91. The zero-order valence-corrected chi connectivity index (χ0v) is 13.5. The number of hydrogen-bond acceptors (Lipinski definition) is 4. The summed E-state index contributed by atoms with van der Waals surface area (Å²) in [5.41, 5.74) is 6.54. The van der Waals surface area contributed by atoms with Crippen molar-refractivity contribution in [1.29, 1.82) is 0 Å². The predicted molar refractivity (Wildman–Crippen MR) is 88.1 cm³/mol. The maximum Gasteiger partial charge on any atom is 0.238 e. The number of nitrogen functional groups attached to an aromatic ring is 1. The van der Waals surface area contributed by atoms with Gasteiger partial charge in [-0.3, -0.25) is 9.69 Å². The monoisotopic (exact) mass is 330 g/mol. The molecule has 0 unspecified atom stereocenters. The number of amides is 1. The Kier molecular flexibility index (Phi) is 5.70. The number of likely N-dealkylation sites (N-methyl/N-ethyl adjacent to an activating group) is 1. The minimum absolute atomic E-state index is 0.117. The van der Waals surface area contributed by atoms with Crippen molar-refractivity contribution in [2.45, 2.75) is 6.42 Å². The van der Waals surface area contributed by atoms with Crippen LogP contribution in [0.4, 0.5) is 11.4 Å². The summed E-state index contributed by atoms with van der Waals surface area (Å²) in [6.45, 7) is 4.17. The number of nitrogens with one attached hydrogen (secondary N) is 1. The molecule has 5 nitrogen and oxygen atoms in total. The van der Waals surface area contributed by atoms with Crippen molar-refractivity contribution < 1.29 is 4.79 Å². The molecule has 2 rings (SSSR count). The molecular weight excluding hydrogens is 311 g/mol. The summed E-state index contributed by atoms with van der Waals surface area (Å²) in [5, 5.41) is 3.47. The van der Waals surface area contributed by atoms with E-state index in [4.69, 9.17) is 28.9 Å². The number of hydrogen-bond donors (Lipinski definition) is 2. The number of carbonyl (C=O) groups is 1. The van der Waals surface area contributed by atoms with Gasteiger partial charge in [-0.2, -0.15) is 0 Å². The summed E-state index contributed by atoms with van der Waals surface area (Å²) >= 11 is 12.1. The molecule has 1 saturated heterocycles. The van der Waals surface area contributed by atoms with Gasteiger partial charge in [-0.1, -0.05) is 23.2 Å². The van der Waals surface area contributed by atoms with Crippen molar-refractivity contribution in [2.24, 2.45) is 0 Å². The van der Waals surface area contributed by atoms with Gasteiger partial charge in [0.15, 0.2) is 0 Å². The van der Waals surface area contributed by atoms with Crippen LogP contribution in [0.15, 0.2) is 12.1 Å². The van der Waals surface area contributed by atoms with E-state index in [-0.39, 0.29) is 5.91 Å². The summed E-state index contributed by atoms with van der Waals surface area (Å²) in [7, 11) is 2.09. The van der Waals surface area contributed by atoms with Crippen molar-refractivity contribution in [3.63, 3.8) is 0 Å². The normalized spacial score (nSPS) is 17.5. The number of carbonyl (C=O) groups excluding carboxylic acids is 1. The van der Waals surface area contributed by atoms with Crippen LogP contribution in [0.5, 0.6) is 0 Å². The lowest BCUT2D eigenvalue weighted by molar-refractivity contribution is -0.117. The van der Waals surface area contributed by atoms with Crippen LogP contribution in [-0.4, -0.2) is 55.5 Å². The maximum atomic E-state index is 12.1. The zero-order valence-electron chi connectivity index (χ0n) is 12.0. The van der Waals surface area contributed by atoms with Crippen LogP contribution in [0.25, 0.3) is 0 Å². The Labute approximate surface area is 135 Å². The quantitative estimate of drug-likeness (QED) is 0.833. The van der Waals surface area contributed by atoms with Crippen molar-refractivity contribution in [3.05, 3.63) is 22.2 Å². The van der Waals surface area contributed by atoms with E-state index in [0.717, 1.165) is 32.6 Å². The Morgan fingerprint density at radius 2 is 1.90 bits per heavy atom. The van der Waals surface area contributed by atoms with Crippen LogP contribution in [-0.2, 0) is 4.79 Å². The fourth-order valence-electron chi connectivity index (χ4n) is 2.35. The summed E-state index contributed by atoms with van der Waals surface area (Å²) in [5.74, 6) is -0.117. The Morgan fingerprint density at radius 3 is 2.57 bits per heavy atom. The fourth-order valence-corrected chi connectivity index (χ4v) is 2.95. The van der Waals surface area contributed by atoms with Gasteiger partial charge >= 0.3 is 0 Å². The highest BCUT2D eigenvalue weighted by Gasteiger charge is 2.17. The highest BCUT2D eigenvalue weighted by Crippen LogP contribution is 2.32. The van der Waals surface area contributed by atoms with Gasteiger partial charge in [-0.25, -0.2) is 0 Å². The lowest BCUT2D eigenvalue weighted by Crippen LogP contribution is -2.36. The molecule has 1 heterocycles. The lowest BCUT2D eigenvalue weighted by atomic mass is 10.2. The second-order valence-electron chi connectivity index (χ2n) is 5.34. The summed E-state index contributed by atoms with van der Waals surface area (Å²) in [6.07, 6.45) is 1.06. The molecule has 0 spiro atoms. The smallest absolute Gasteiger partial charge is 0.238 e. The Hall–Kier alpha value is -1.01. The molecule has 0 bridgehead atoms. The number of benzene rings is 1. The topological polar surface area (TPSA) is 61.6 Å². The van der Waals surface area contributed by atoms with Gasteiger partial charge < -0.3 is 16.0 Å². The minimum atomic E-state index is -0.117. The number of nitrogens with zero attached hydrogens (tertiary/aromatic N) is 2. The van der Waals surface area contributed by atoms with Gasteiger partial charge in [-0.05, 0) is 38.7 Å². The van der Waals surface area contributed by atoms with Crippen LogP contribution in [0.1, 0.15) is 6.42 Å². The Balaban J connectivity index is 1.96. The molecule has 1 fully saturated rings. The van der Waals surface area contributed by atoms with E-state index in [1.54, 1.807) is 12.1 Å². The first-order chi connectivity index (χ1) is 9.95. The van der Waals surface area contributed by atoms with Crippen LogP contribution in [0.2, 0.25) is 10.0 Å². The van der Waals surface area contributed by atoms with Crippen molar-refractivity contribution in [3.8, 4) is 0 Å². The van der Waals surface area contributed by atoms with E-state index in [1.165, 1.54) is 0 Å². The molecule has 3 N–H and O–H groups in total. The molecule has 0 radical (unpaired) electrons. The fraction of sp³-hybridized carbons (Fsp3) is 0.500. The van der Waals surface area contributed by atoms with Gasteiger partial charge in [0.1, 0.15) is 0 Å². The third-order valence-corrected chi connectivity index (χ3v) is 4.10. The predicted octanol–water partition coefficient (Wildman–Crippen LogP) is 2.15. The van der Waals surface area contributed by atoms with E-state index in [2.05, 4.69) is 22.2 Å². The second-order valence-corrected chi connectivity index (χ2v) is 6.16. The number of nitrogens with two attached hydrogens (primary N) is 1. The van der Waals surface area contributed by atoms with E-state index >= 15 is 0 Å². The standard InChI is InChI=1S/C14H20Cl2N4O/c1-19-3-2-4-20(6-5-19)9-13(21)18-14-11(15)7-10(17)8-12(14)16/h7-8H,2-6,9,17H2,1H3,(H,18,21). The molecular formula is C14H20Cl2N4O. The Bertz CT molecular complexity index is 501. The second kappa shape index (κ2) is 7.31. The third-order valence-electron chi connectivity index (χ3n) is 3.51. The summed E-state index contributed by atoms with van der Waals surface area (Å²) in [4.78, 5) is 16.6. The van der Waals surface area contributed by atoms with E-state index < -0.39 is 0 Å². The molecule has 7 heteroatoms. The third kappa shape index (κ3) is 4.74. The van der Waals surface area contributed by atoms with Gasteiger partial charge in [0.25, 0.3) is 0 Å². The molecule has 1 aliphatic heterocycles. The Morgan fingerprint density at radius 1 is 1.24 bits per heavy atom. The van der Waals surface area contributed by atoms with E-state index in [1.807, 2.05) is 0 Å². The largest absolute Gasteiger partial charge is 0.399 e. The molecule has 21 heavy (non-hydrogen) atoms. The van der Waals surface area contributed by atoms with Crippen LogP contribution in [0.3, 0.4) is 0 Å². The first kappa shape index (κ1) is 16.4. The number of anilines is 2. The molecule has 0 aromatic heterocycles. The molecule has 116 valence electrons. The molecule has 1 aromatic carbocycles. The average molecular weight is 331 g/mol.